The van der Waals surface area contributed by atoms with Gasteiger partial charge in [-0.25, -0.2) is 17.5 Å². The first-order valence-corrected chi connectivity index (χ1v) is 8.53. The highest BCUT2D eigenvalue weighted by Gasteiger charge is 2.15. The molecule has 0 saturated heterocycles. The highest BCUT2D eigenvalue weighted by atomic mass is 32.2. The van der Waals surface area contributed by atoms with E-state index in [0.29, 0.717) is 5.69 Å². The summed E-state index contributed by atoms with van der Waals surface area (Å²) in [7, 11) is -3.85. The van der Waals surface area contributed by atoms with Crippen LogP contribution in [0.4, 0.5) is 10.1 Å². The van der Waals surface area contributed by atoms with Crippen molar-refractivity contribution in [3.8, 4) is 0 Å². The zero-order valence-electron chi connectivity index (χ0n) is 12.5. The molecule has 0 aliphatic heterocycles. The Morgan fingerprint density at radius 1 is 1.13 bits per heavy atom. The van der Waals surface area contributed by atoms with E-state index in [1.54, 1.807) is 6.07 Å². The van der Waals surface area contributed by atoms with Crippen LogP contribution < -0.4 is 10.0 Å². The molecule has 2 aromatic rings. The van der Waals surface area contributed by atoms with E-state index in [2.05, 4.69) is 10.0 Å². The van der Waals surface area contributed by atoms with Gasteiger partial charge in [0.2, 0.25) is 15.9 Å². The molecule has 0 radical (unpaired) electrons. The lowest BCUT2D eigenvalue weighted by Gasteiger charge is -2.09. The third-order valence-corrected chi connectivity index (χ3v) is 4.58. The van der Waals surface area contributed by atoms with Crippen LogP contribution in [0.1, 0.15) is 12.5 Å². The monoisotopic (exact) mass is 336 g/mol. The molecule has 0 fully saturated rings. The molecule has 2 N–H and O–H groups in total. The van der Waals surface area contributed by atoms with Crippen LogP contribution in [0.3, 0.4) is 0 Å². The summed E-state index contributed by atoms with van der Waals surface area (Å²) in [4.78, 5) is 11.7. The number of aryl methyl sites for hydroxylation is 1. The fourth-order valence-electron chi connectivity index (χ4n) is 1.93. The third-order valence-electron chi connectivity index (χ3n) is 3.17. The van der Waals surface area contributed by atoms with Gasteiger partial charge < -0.3 is 5.32 Å². The molecule has 1 amide bonds. The first-order chi connectivity index (χ1) is 10.9. The molecule has 2 aromatic carbocycles. The van der Waals surface area contributed by atoms with Crippen LogP contribution in [0.2, 0.25) is 0 Å². The number of halogens is 1. The molecule has 0 heterocycles. The van der Waals surface area contributed by atoms with E-state index in [-0.39, 0.29) is 4.90 Å². The van der Waals surface area contributed by atoms with Gasteiger partial charge in [-0.05, 0) is 48.4 Å². The lowest BCUT2D eigenvalue weighted by Crippen LogP contribution is -2.32. The van der Waals surface area contributed by atoms with Gasteiger partial charge in [0.1, 0.15) is 5.82 Å². The topological polar surface area (TPSA) is 75.3 Å². The summed E-state index contributed by atoms with van der Waals surface area (Å²) >= 11 is 0. The molecule has 0 bridgehead atoms. The molecule has 2 rings (SSSR count). The quantitative estimate of drug-likeness (QED) is 0.850. The Bertz CT molecular complexity index is 789. The second-order valence-corrected chi connectivity index (χ2v) is 6.65. The smallest absolute Gasteiger partial charge is 0.241 e. The Morgan fingerprint density at radius 2 is 1.83 bits per heavy atom. The predicted octanol–water partition coefficient (Wildman–Crippen LogP) is 2.31. The van der Waals surface area contributed by atoms with Crippen molar-refractivity contribution in [2.24, 2.45) is 0 Å². The van der Waals surface area contributed by atoms with E-state index >= 15 is 0 Å². The van der Waals surface area contributed by atoms with E-state index in [4.69, 9.17) is 0 Å². The van der Waals surface area contributed by atoms with Crippen LogP contribution in [-0.2, 0) is 21.2 Å². The van der Waals surface area contributed by atoms with Crippen LogP contribution >= 0.6 is 0 Å². The van der Waals surface area contributed by atoms with Gasteiger partial charge in [-0.1, -0.05) is 19.1 Å². The fraction of sp³-hybridized carbons (Fsp3) is 0.188. The SMILES string of the molecule is CCc1cccc(NC(=O)CNS(=O)(=O)c2ccc(F)cc2)c1. The number of nitrogens with one attached hydrogen (secondary N) is 2. The average Bonchev–Trinajstić information content (AvgIpc) is 2.54. The number of anilines is 1. The van der Waals surface area contributed by atoms with Gasteiger partial charge in [0, 0.05) is 5.69 Å². The van der Waals surface area contributed by atoms with Crippen LogP contribution in [0.25, 0.3) is 0 Å². The van der Waals surface area contributed by atoms with Gasteiger partial charge in [0.05, 0.1) is 11.4 Å². The van der Waals surface area contributed by atoms with E-state index in [9.17, 15) is 17.6 Å². The average molecular weight is 336 g/mol. The summed E-state index contributed by atoms with van der Waals surface area (Å²) in [5.74, 6) is -1.01. The van der Waals surface area contributed by atoms with E-state index in [1.807, 2.05) is 25.1 Å². The summed E-state index contributed by atoms with van der Waals surface area (Å²) < 4.78 is 39.0. The predicted molar refractivity (Wildman–Crippen MR) is 86.0 cm³/mol. The van der Waals surface area contributed by atoms with Crippen LogP contribution in [-0.4, -0.2) is 20.9 Å². The molecule has 5 nitrogen and oxygen atoms in total. The van der Waals surface area contributed by atoms with Gasteiger partial charge >= 0.3 is 0 Å². The number of amides is 1. The number of hydrogen-bond donors (Lipinski definition) is 2. The first kappa shape index (κ1) is 17.1. The van der Waals surface area contributed by atoms with E-state index in [1.165, 1.54) is 0 Å². The molecular formula is C16H17FN2O3S. The Morgan fingerprint density at radius 3 is 2.48 bits per heavy atom. The lowest BCUT2D eigenvalue weighted by atomic mass is 10.1. The Balaban J connectivity index is 1.96. The number of benzene rings is 2. The fourth-order valence-corrected chi connectivity index (χ4v) is 2.91. The molecule has 0 spiro atoms. The normalized spacial score (nSPS) is 11.2. The zero-order valence-corrected chi connectivity index (χ0v) is 13.4. The molecule has 0 unspecified atom stereocenters. The van der Waals surface area contributed by atoms with Gasteiger partial charge in [0.15, 0.2) is 0 Å². The standard InChI is InChI=1S/C16H17FN2O3S/c1-2-12-4-3-5-14(10-12)19-16(20)11-18-23(21,22)15-8-6-13(17)7-9-15/h3-10,18H,2,11H2,1H3,(H,19,20). The molecule has 7 heteroatoms. The van der Waals surface area contributed by atoms with Gasteiger partial charge in [-0.15, -0.1) is 0 Å². The van der Waals surface area contributed by atoms with Crippen molar-refractivity contribution in [3.05, 3.63) is 59.9 Å². The maximum atomic E-state index is 12.8. The minimum Gasteiger partial charge on any atom is -0.325 e. The number of carbonyl (C=O) groups is 1. The van der Waals surface area contributed by atoms with Gasteiger partial charge in [-0.3, -0.25) is 4.79 Å². The van der Waals surface area contributed by atoms with Crippen molar-refractivity contribution in [2.75, 3.05) is 11.9 Å². The minimum atomic E-state index is -3.85. The molecule has 0 aliphatic rings. The summed E-state index contributed by atoms with van der Waals surface area (Å²) in [6.07, 6.45) is 0.834. The number of hydrogen-bond acceptors (Lipinski definition) is 3. The second-order valence-electron chi connectivity index (χ2n) is 4.88. The molecule has 0 aliphatic carbocycles. The zero-order chi connectivity index (χ0) is 16.9. The number of rotatable bonds is 6. The number of carbonyl (C=O) groups excluding carboxylic acids is 1. The molecule has 0 aromatic heterocycles. The maximum absolute atomic E-state index is 12.8. The molecular weight excluding hydrogens is 319 g/mol. The molecule has 122 valence electrons. The van der Waals surface area contributed by atoms with Crippen molar-refractivity contribution in [2.45, 2.75) is 18.2 Å². The Labute approximate surface area is 134 Å². The summed E-state index contributed by atoms with van der Waals surface area (Å²) in [5.41, 5.74) is 1.67. The highest BCUT2D eigenvalue weighted by molar-refractivity contribution is 7.89. The lowest BCUT2D eigenvalue weighted by molar-refractivity contribution is -0.115. The van der Waals surface area contributed by atoms with Crippen molar-refractivity contribution >= 4 is 21.6 Å². The van der Waals surface area contributed by atoms with Crippen LogP contribution in [0.5, 0.6) is 0 Å². The third kappa shape index (κ3) is 4.87. The van der Waals surface area contributed by atoms with Crippen molar-refractivity contribution in [3.63, 3.8) is 0 Å². The summed E-state index contributed by atoms with van der Waals surface area (Å²) in [6, 6.07) is 11.7. The van der Waals surface area contributed by atoms with E-state index in [0.717, 1.165) is 36.2 Å². The molecule has 0 saturated carbocycles. The van der Waals surface area contributed by atoms with Crippen molar-refractivity contribution in [1.82, 2.24) is 4.72 Å². The highest BCUT2D eigenvalue weighted by Crippen LogP contribution is 2.11. The second kappa shape index (κ2) is 7.34. The van der Waals surface area contributed by atoms with Crippen LogP contribution in [0, 0.1) is 5.82 Å². The van der Waals surface area contributed by atoms with E-state index < -0.39 is 28.3 Å². The van der Waals surface area contributed by atoms with Crippen LogP contribution in [0.15, 0.2) is 53.4 Å². The van der Waals surface area contributed by atoms with Gasteiger partial charge in [-0.2, -0.15) is 0 Å². The largest absolute Gasteiger partial charge is 0.325 e. The summed E-state index contributed by atoms with van der Waals surface area (Å²) in [5, 5.41) is 2.62. The van der Waals surface area contributed by atoms with Crippen molar-refractivity contribution < 1.29 is 17.6 Å². The molecule has 0 atom stereocenters. The minimum absolute atomic E-state index is 0.0975. The molecule has 23 heavy (non-hydrogen) atoms. The van der Waals surface area contributed by atoms with Gasteiger partial charge in [0.25, 0.3) is 0 Å². The number of sulfonamides is 1. The first-order valence-electron chi connectivity index (χ1n) is 7.05. The Kier molecular flexibility index (Phi) is 5.46. The van der Waals surface area contributed by atoms with Crippen molar-refractivity contribution in [1.29, 1.82) is 0 Å². The maximum Gasteiger partial charge on any atom is 0.241 e. The Hall–Kier alpha value is -2.25. The summed E-state index contributed by atoms with van der Waals surface area (Å²) in [6.45, 7) is 1.59.